The minimum absolute atomic E-state index is 0.222. The van der Waals surface area contributed by atoms with Gasteiger partial charge >= 0.3 is 12.0 Å². The van der Waals surface area contributed by atoms with Gasteiger partial charge in [-0.15, -0.1) is 0 Å². The molecular weight excluding hydrogens is 248 g/mol. The molecule has 0 saturated heterocycles. The number of nitrogens with zero attached hydrogens (tertiary/aromatic N) is 3. The second kappa shape index (κ2) is 7.73. The quantitative estimate of drug-likeness (QED) is 0.288. The molecule has 0 radical (unpaired) electrons. The van der Waals surface area contributed by atoms with E-state index in [0.29, 0.717) is 6.61 Å². The first-order valence-corrected chi connectivity index (χ1v) is 5.81. The van der Waals surface area contributed by atoms with Crippen molar-refractivity contribution in [3.63, 3.8) is 0 Å². The van der Waals surface area contributed by atoms with Gasteiger partial charge in [0.2, 0.25) is 0 Å². The zero-order valence-electron chi connectivity index (χ0n) is 10.5. The minimum Gasteiger partial charge on any atom is -0.462 e. The van der Waals surface area contributed by atoms with Crippen LogP contribution in [0.25, 0.3) is 10.4 Å². The van der Waals surface area contributed by atoms with Crippen LogP contribution in [0.4, 0.5) is 10.5 Å². The fourth-order valence-corrected chi connectivity index (χ4v) is 1.34. The molecule has 19 heavy (non-hydrogen) atoms. The number of nitrogens with one attached hydrogen (secondary N) is 1. The van der Waals surface area contributed by atoms with Gasteiger partial charge < -0.3 is 10.1 Å². The van der Waals surface area contributed by atoms with E-state index in [2.05, 4.69) is 15.3 Å². The first-order valence-electron chi connectivity index (χ1n) is 5.81. The number of hydrogen-bond acceptors (Lipinski definition) is 3. The van der Waals surface area contributed by atoms with Gasteiger partial charge in [0.05, 0.1) is 17.9 Å². The molecule has 0 aromatic heterocycles. The topological polar surface area (TPSA) is 104 Å². The number of benzene rings is 1. The number of carbonyl (C=O) groups excluding carboxylic acids is 2. The van der Waals surface area contributed by atoms with E-state index in [1.807, 2.05) is 6.92 Å². The highest BCUT2D eigenvalue weighted by atomic mass is 16.5. The summed E-state index contributed by atoms with van der Waals surface area (Å²) in [5.74, 6) is -0.523. The van der Waals surface area contributed by atoms with Crippen molar-refractivity contribution in [2.75, 3.05) is 11.9 Å². The van der Waals surface area contributed by atoms with Gasteiger partial charge in [-0.25, -0.2) is 4.79 Å². The molecule has 100 valence electrons. The number of ether oxygens (including phenoxy) is 1. The van der Waals surface area contributed by atoms with Gasteiger partial charge in [0, 0.05) is 10.0 Å². The summed E-state index contributed by atoms with van der Waals surface area (Å²) in [6.07, 6.45) is 1.70. The van der Waals surface area contributed by atoms with Gasteiger partial charge in [-0.1, -0.05) is 25.5 Å². The van der Waals surface area contributed by atoms with Crippen LogP contribution in [0.1, 0.15) is 30.1 Å². The zero-order chi connectivity index (χ0) is 14.1. The molecule has 0 bridgehead atoms. The molecule has 7 heteroatoms. The van der Waals surface area contributed by atoms with Crippen LogP contribution in [-0.2, 0) is 4.74 Å². The Hall–Kier alpha value is -2.53. The number of azide groups is 1. The molecule has 0 saturated carbocycles. The van der Waals surface area contributed by atoms with E-state index in [4.69, 9.17) is 10.3 Å². The fraction of sp³-hybridized carbons (Fsp3) is 0.333. The van der Waals surface area contributed by atoms with Crippen LogP contribution in [0.2, 0.25) is 0 Å². The van der Waals surface area contributed by atoms with E-state index in [1.54, 1.807) is 12.1 Å². The lowest BCUT2D eigenvalue weighted by Crippen LogP contribution is -2.12. The van der Waals surface area contributed by atoms with Crippen LogP contribution in [-0.4, -0.2) is 18.6 Å². The lowest BCUT2D eigenvalue weighted by atomic mass is 10.2. The molecule has 0 fully saturated rings. The third-order valence-corrected chi connectivity index (χ3v) is 2.26. The molecule has 0 aliphatic carbocycles. The lowest BCUT2D eigenvalue weighted by molar-refractivity contribution is 0.0501. The highest BCUT2D eigenvalue weighted by Gasteiger charge is 2.13. The third kappa shape index (κ3) is 4.69. The molecule has 1 rings (SSSR count). The fourth-order valence-electron chi connectivity index (χ4n) is 1.34. The van der Waals surface area contributed by atoms with Crippen molar-refractivity contribution >= 4 is 17.7 Å². The van der Waals surface area contributed by atoms with Gasteiger partial charge in [0.1, 0.15) is 0 Å². The minimum atomic E-state index is -0.878. The lowest BCUT2D eigenvalue weighted by Gasteiger charge is -2.09. The third-order valence-electron chi connectivity index (χ3n) is 2.26. The summed E-state index contributed by atoms with van der Waals surface area (Å²) in [7, 11) is 0. The molecule has 1 N–H and O–H groups in total. The van der Waals surface area contributed by atoms with E-state index in [9.17, 15) is 9.59 Å². The predicted molar refractivity (Wildman–Crippen MR) is 69.8 cm³/mol. The molecule has 0 aliphatic rings. The summed E-state index contributed by atoms with van der Waals surface area (Å²) in [5.41, 5.74) is 8.62. The molecule has 0 spiro atoms. The monoisotopic (exact) mass is 262 g/mol. The van der Waals surface area contributed by atoms with Gasteiger partial charge in [-0.05, 0) is 24.1 Å². The molecule has 7 nitrogen and oxygen atoms in total. The number of unbranched alkanes of at least 4 members (excludes halogenated alkanes) is 1. The first-order chi connectivity index (χ1) is 9.19. The summed E-state index contributed by atoms with van der Waals surface area (Å²) in [6, 6.07) is 5.48. The number of carbonyl (C=O) groups is 2. The molecule has 0 aliphatic heterocycles. The predicted octanol–water partition coefficient (Wildman–Crippen LogP) is 3.49. The van der Waals surface area contributed by atoms with E-state index in [-0.39, 0.29) is 11.3 Å². The number of hydrogen-bond donors (Lipinski definition) is 1. The normalized spacial score (nSPS) is 9.32. The second-order valence-corrected chi connectivity index (χ2v) is 3.65. The van der Waals surface area contributed by atoms with Crippen molar-refractivity contribution in [2.45, 2.75) is 19.8 Å². The molecule has 1 aromatic rings. The van der Waals surface area contributed by atoms with Crippen LogP contribution in [0, 0.1) is 0 Å². The van der Waals surface area contributed by atoms with Crippen molar-refractivity contribution in [2.24, 2.45) is 5.11 Å². The molecular formula is C12H14N4O3. The van der Waals surface area contributed by atoms with Crippen LogP contribution in [0.15, 0.2) is 29.4 Å². The van der Waals surface area contributed by atoms with E-state index >= 15 is 0 Å². The van der Waals surface area contributed by atoms with Gasteiger partial charge in [-0.2, -0.15) is 0 Å². The Kier molecular flexibility index (Phi) is 5.91. The van der Waals surface area contributed by atoms with E-state index in [0.717, 1.165) is 12.8 Å². The smallest absolute Gasteiger partial charge is 0.340 e. The summed E-state index contributed by atoms with van der Waals surface area (Å²) in [4.78, 5) is 25.3. The number of rotatable bonds is 5. The van der Waals surface area contributed by atoms with Crippen LogP contribution >= 0.6 is 0 Å². The van der Waals surface area contributed by atoms with Crippen LogP contribution in [0.3, 0.4) is 0 Å². The summed E-state index contributed by atoms with van der Waals surface area (Å²) in [5, 5.41) is 5.20. The van der Waals surface area contributed by atoms with Gasteiger partial charge in [0.25, 0.3) is 0 Å². The Morgan fingerprint density at radius 1 is 1.42 bits per heavy atom. The van der Waals surface area contributed by atoms with Crippen molar-refractivity contribution < 1.29 is 14.3 Å². The van der Waals surface area contributed by atoms with Crippen LogP contribution in [0.5, 0.6) is 0 Å². The Morgan fingerprint density at radius 3 is 2.84 bits per heavy atom. The molecule has 0 atom stereocenters. The number of para-hydroxylation sites is 1. The Morgan fingerprint density at radius 2 is 2.16 bits per heavy atom. The maximum absolute atomic E-state index is 11.8. The number of amides is 2. The molecule has 0 heterocycles. The molecule has 1 aromatic carbocycles. The number of anilines is 1. The Labute approximate surface area is 110 Å². The van der Waals surface area contributed by atoms with Crippen molar-refractivity contribution in [1.82, 2.24) is 0 Å². The highest BCUT2D eigenvalue weighted by molar-refractivity contribution is 6.00. The SMILES string of the molecule is CCCCOC(=O)c1ccccc1NC(=O)N=[N+]=[N-]. The van der Waals surface area contributed by atoms with Crippen LogP contribution < -0.4 is 5.32 Å². The molecule has 2 amide bonds. The Bertz CT molecular complexity index is 509. The molecule has 0 unspecified atom stereocenters. The highest BCUT2D eigenvalue weighted by Crippen LogP contribution is 2.16. The maximum atomic E-state index is 11.8. The summed E-state index contributed by atoms with van der Waals surface area (Å²) >= 11 is 0. The standard InChI is InChI=1S/C12H14N4O3/c1-2-3-8-19-11(17)9-6-4-5-7-10(9)14-12(18)15-16-13/h4-7H,2-3,8H2,1H3,(H,14,18). The van der Waals surface area contributed by atoms with Crippen molar-refractivity contribution in [3.8, 4) is 0 Å². The summed E-state index contributed by atoms with van der Waals surface area (Å²) < 4.78 is 5.06. The van der Waals surface area contributed by atoms with E-state index < -0.39 is 12.0 Å². The van der Waals surface area contributed by atoms with Gasteiger partial charge in [0.15, 0.2) is 0 Å². The Balaban J connectivity index is 2.80. The largest absolute Gasteiger partial charge is 0.462 e. The van der Waals surface area contributed by atoms with Gasteiger partial charge in [-0.3, -0.25) is 4.79 Å². The summed E-state index contributed by atoms with van der Waals surface area (Å²) in [6.45, 7) is 2.32. The van der Waals surface area contributed by atoms with Crippen molar-refractivity contribution in [1.29, 1.82) is 0 Å². The first kappa shape index (κ1) is 14.5. The maximum Gasteiger partial charge on any atom is 0.340 e. The average molecular weight is 262 g/mol. The average Bonchev–Trinajstić information content (AvgIpc) is 2.39. The van der Waals surface area contributed by atoms with Crippen molar-refractivity contribution in [3.05, 3.63) is 40.3 Å². The zero-order valence-corrected chi connectivity index (χ0v) is 10.5. The second-order valence-electron chi connectivity index (χ2n) is 3.65. The number of urea groups is 1. The number of esters is 1. The van der Waals surface area contributed by atoms with E-state index in [1.165, 1.54) is 12.1 Å².